The summed E-state index contributed by atoms with van der Waals surface area (Å²) < 4.78 is 5.60. The van der Waals surface area contributed by atoms with Crippen LogP contribution in [0.25, 0.3) is 0 Å². The zero-order valence-electron chi connectivity index (χ0n) is 10.1. The van der Waals surface area contributed by atoms with Gasteiger partial charge in [-0.1, -0.05) is 13.8 Å². The SMILES string of the molecule is CCCOc1cccnc1NCCNCC. The Morgan fingerprint density at radius 3 is 2.94 bits per heavy atom. The quantitative estimate of drug-likeness (QED) is 0.661. The van der Waals surface area contributed by atoms with Crippen LogP contribution < -0.4 is 15.4 Å². The molecule has 0 aliphatic rings. The number of hydrogen-bond acceptors (Lipinski definition) is 4. The maximum absolute atomic E-state index is 5.60. The van der Waals surface area contributed by atoms with Crippen LogP contribution in [-0.4, -0.2) is 31.2 Å². The fraction of sp³-hybridized carbons (Fsp3) is 0.583. The Hall–Kier alpha value is -1.29. The summed E-state index contributed by atoms with van der Waals surface area (Å²) in [5.74, 6) is 1.66. The second-order valence-electron chi connectivity index (χ2n) is 3.48. The Balaban J connectivity index is 2.43. The first-order valence-corrected chi connectivity index (χ1v) is 5.90. The largest absolute Gasteiger partial charge is 0.490 e. The zero-order valence-corrected chi connectivity index (χ0v) is 10.1. The normalized spacial score (nSPS) is 10.1. The summed E-state index contributed by atoms with van der Waals surface area (Å²) in [4.78, 5) is 4.27. The highest BCUT2D eigenvalue weighted by Gasteiger charge is 2.02. The van der Waals surface area contributed by atoms with Gasteiger partial charge in [0.2, 0.25) is 0 Å². The van der Waals surface area contributed by atoms with Crippen LogP contribution >= 0.6 is 0 Å². The van der Waals surface area contributed by atoms with Gasteiger partial charge in [0.1, 0.15) is 0 Å². The lowest BCUT2D eigenvalue weighted by Gasteiger charge is -2.11. The lowest BCUT2D eigenvalue weighted by molar-refractivity contribution is 0.318. The standard InChI is InChI=1S/C12H21N3O/c1-3-10-16-11-6-5-7-14-12(11)15-9-8-13-4-2/h5-7,13H,3-4,8-10H2,1-2H3,(H,14,15). The van der Waals surface area contributed by atoms with Crippen LogP contribution in [0.5, 0.6) is 5.75 Å². The van der Waals surface area contributed by atoms with Gasteiger partial charge in [-0.15, -0.1) is 0 Å². The summed E-state index contributed by atoms with van der Waals surface area (Å²) >= 11 is 0. The summed E-state index contributed by atoms with van der Waals surface area (Å²) in [5, 5.41) is 6.51. The molecule has 0 amide bonds. The molecule has 1 aromatic heterocycles. The number of hydrogen-bond donors (Lipinski definition) is 2. The third-order valence-electron chi connectivity index (χ3n) is 2.08. The molecule has 2 N–H and O–H groups in total. The minimum atomic E-state index is 0.730. The van der Waals surface area contributed by atoms with Crippen molar-refractivity contribution in [2.45, 2.75) is 20.3 Å². The topological polar surface area (TPSA) is 46.2 Å². The number of pyridine rings is 1. The van der Waals surface area contributed by atoms with E-state index >= 15 is 0 Å². The van der Waals surface area contributed by atoms with Crippen molar-refractivity contribution in [1.29, 1.82) is 0 Å². The van der Waals surface area contributed by atoms with Gasteiger partial charge < -0.3 is 15.4 Å². The van der Waals surface area contributed by atoms with E-state index in [-0.39, 0.29) is 0 Å². The Bertz CT molecular complexity index is 291. The fourth-order valence-corrected chi connectivity index (χ4v) is 1.30. The molecule has 0 fully saturated rings. The van der Waals surface area contributed by atoms with Crippen molar-refractivity contribution < 1.29 is 4.74 Å². The molecule has 0 saturated carbocycles. The molecular weight excluding hydrogens is 202 g/mol. The van der Waals surface area contributed by atoms with E-state index in [0.717, 1.165) is 44.2 Å². The van der Waals surface area contributed by atoms with E-state index < -0.39 is 0 Å². The summed E-state index contributed by atoms with van der Waals surface area (Å²) in [6.45, 7) is 7.69. The van der Waals surface area contributed by atoms with Crippen molar-refractivity contribution in [2.24, 2.45) is 0 Å². The number of nitrogens with one attached hydrogen (secondary N) is 2. The third kappa shape index (κ3) is 4.49. The van der Waals surface area contributed by atoms with Crippen molar-refractivity contribution in [3.05, 3.63) is 18.3 Å². The molecule has 4 nitrogen and oxygen atoms in total. The summed E-state index contributed by atoms with van der Waals surface area (Å²) in [6, 6.07) is 3.83. The van der Waals surface area contributed by atoms with Crippen LogP contribution in [0.15, 0.2) is 18.3 Å². The molecule has 0 aliphatic carbocycles. The van der Waals surface area contributed by atoms with E-state index in [0.29, 0.717) is 0 Å². The van der Waals surface area contributed by atoms with Crippen LogP contribution in [0.3, 0.4) is 0 Å². The molecule has 16 heavy (non-hydrogen) atoms. The van der Waals surface area contributed by atoms with Crippen molar-refractivity contribution in [1.82, 2.24) is 10.3 Å². The van der Waals surface area contributed by atoms with Crippen LogP contribution in [-0.2, 0) is 0 Å². The number of anilines is 1. The average Bonchev–Trinajstić information content (AvgIpc) is 2.33. The van der Waals surface area contributed by atoms with E-state index in [1.807, 2.05) is 12.1 Å². The first kappa shape index (κ1) is 12.8. The lowest BCUT2D eigenvalue weighted by atomic mass is 10.4. The van der Waals surface area contributed by atoms with Crippen LogP contribution in [0.4, 0.5) is 5.82 Å². The molecule has 0 aromatic carbocycles. The van der Waals surface area contributed by atoms with E-state index in [2.05, 4.69) is 29.5 Å². The van der Waals surface area contributed by atoms with Gasteiger partial charge in [0.25, 0.3) is 0 Å². The van der Waals surface area contributed by atoms with Gasteiger partial charge in [-0.3, -0.25) is 0 Å². The van der Waals surface area contributed by atoms with Gasteiger partial charge in [0.05, 0.1) is 6.61 Å². The number of rotatable bonds is 8. The summed E-state index contributed by atoms with van der Waals surface area (Å²) in [7, 11) is 0. The molecule has 0 aliphatic heterocycles. The molecule has 1 aromatic rings. The van der Waals surface area contributed by atoms with Crippen LogP contribution in [0.1, 0.15) is 20.3 Å². The van der Waals surface area contributed by atoms with Crippen LogP contribution in [0.2, 0.25) is 0 Å². The number of likely N-dealkylation sites (N-methyl/N-ethyl adjacent to an activating group) is 1. The predicted molar refractivity (Wildman–Crippen MR) is 67.1 cm³/mol. The number of nitrogens with zero attached hydrogens (tertiary/aromatic N) is 1. The zero-order chi connectivity index (χ0) is 11.6. The van der Waals surface area contributed by atoms with Crippen molar-refractivity contribution in [3.63, 3.8) is 0 Å². The minimum Gasteiger partial charge on any atom is -0.490 e. The smallest absolute Gasteiger partial charge is 0.168 e. The van der Waals surface area contributed by atoms with E-state index in [1.165, 1.54) is 0 Å². The van der Waals surface area contributed by atoms with Crippen molar-refractivity contribution >= 4 is 5.82 Å². The maximum atomic E-state index is 5.60. The second kappa shape index (κ2) is 7.93. The summed E-state index contributed by atoms with van der Waals surface area (Å²) in [6.07, 6.45) is 2.78. The lowest BCUT2D eigenvalue weighted by Crippen LogP contribution is -2.22. The van der Waals surface area contributed by atoms with E-state index in [9.17, 15) is 0 Å². The highest BCUT2D eigenvalue weighted by atomic mass is 16.5. The first-order chi connectivity index (χ1) is 7.88. The fourth-order valence-electron chi connectivity index (χ4n) is 1.30. The van der Waals surface area contributed by atoms with Gasteiger partial charge in [-0.05, 0) is 25.1 Å². The Morgan fingerprint density at radius 1 is 1.31 bits per heavy atom. The number of aromatic nitrogens is 1. The third-order valence-corrected chi connectivity index (χ3v) is 2.08. The van der Waals surface area contributed by atoms with Crippen LogP contribution in [0, 0.1) is 0 Å². The molecule has 0 atom stereocenters. The van der Waals surface area contributed by atoms with Crippen molar-refractivity contribution in [3.8, 4) is 5.75 Å². The Morgan fingerprint density at radius 2 is 2.19 bits per heavy atom. The highest BCUT2D eigenvalue weighted by Crippen LogP contribution is 2.20. The molecule has 1 heterocycles. The molecule has 0 saturated heterocycles. The predicted octanol–water partition coefficient (Wildman–Crippen LogP) is 1.89. The van der Waals surface area contributed by atoms with E-state index in [4.69, 9.17) is 4.74 Å². The molecule has 0 radical (unpaired) electrons. The monoisotopic (exact) mass is 223 g/mol. The molecule has 1 rings (SSSR count). The molecule has 4 heteroatoms. The number of ether oxygens (including phenoxy) is 1. The average molecular weight is 223 g/mol. The van der Waals surface area contributed by atoms with Crippen molar-refractivity contribution in [2.75, 3.05) is 31.6 Å². The molecule has 0 spiro atoms. The summed E-state index contributed by atoms with van der Waals surface area (Å²) in [5.41, 5.74) is 0. The highest BCUT2D eigenvalue weighted by molar-refractivity contribution is 5.49. The maximum Gasteiger partial charge on any atom is 0.168 e. The van der Waals surface area contributed by atoms with Gasteiger partial charge in [0.15, 0.2) is 11.6 Å². The van der Waals surface area contributed by atoms with Gasteiger partial charge in [-0.25, -0.2) is 4.98 Å². The van der Waals surface area contributed by atoms with Gasteiger partial charge in [-0.2, -0.15) is 0 Å². The van der Waals surface area contributed by atoms with Gasteiger partial charge in [0, 0.05) is 19.3 Å². The molecule has 0 unspecified atom stereocenters. The minimum absolute atomic E-state index is 0.730. The van der Waals surface area contributed by atoms with E-state index in [1.54, 1.807) is 6.20 Å². The molecular formula is C12H21N3O. The molecule has 0 bridgehead atoms. The second-order valence-corrected chi connectivity index (χ2v) is 3.48. The Kier molecular flexibility index (Phi) is 6.33. The Labute approximate surface area is 97.4 Å². The first-order valence-electron chi connectivity index (χ1n) is 5.90. The molecule has 90 valence electrons. The van der Waals surface area contributed by atoms with Gasteiger partial charge >= 0.3 is 0 Å².